The molecule has 1 N–H and O–H groups in total. The molecule has 1 aliphatic heterocycles. The Kier molecular flexibility index (Phi) is 4.96. The minimum Gasteiger partial charge on any atom is -0.329 e. The van der Waals surface area contributed by atoms with E-state index in [-0.39, 0.29) is 16.8 Å². The van der Waals surface area contributed by atoms with E-state index in [4.69, 9.17) is 0 Å². The maximum Gasteiger partial charge on any atom is 0.318 e. The van der Waals surface area contributed by atoms with Crippen molar-refractivity contribution in [1.29, 1.82) is 0 Å². The van der Waals surface area contributed by atoms with Crippen LogP contribution in [0.1, 0.15) is 43.6 Å². The number of thioether (sulfide) groups is 1. The fraction of sp³-hybridized carbons (Fsp3) is 0.714. The second-order valence-electron chi connectivity index (χ2n) is 5.72. The topological polar surface area (TPSA) is 45.2 Å². The van der Waals surface area contributed by atoms with Gasteiger partial charge in [0.15, 0.2) is 0 Å². The van der Waals surface area contributed by atoms with Crippen molar-refractivity contribution >= 4 is 29.1 Å². The van der Waals surface area contributed by atoms with Gasteiger partial charge in [-0.05, 0) is 27.2 Å². The minimum absolute atomic E-state index is 0.0227. The molecule has 0 saturated carbocycles. The van der Waals surface area contributed by atoms with Crippen LogP contribution in [0.4, 0.5) is 4.79 Å². The number of urea groups is 1. The summed E-state index contributed by atoms with van der Waals surface area (Å²) in [4.78, 5) is 19.9. The molecule has 0 aromatic carbocycles. The van der Waals surface area contributed by atoms with Gasteiger partial charge in [-0.3, -0.25) is 0 Å². The number of nitrogens with one attached hydrogen (secondary N) is 1. The molecule has 0 spiro atoms. The predicted molar refractivity (Wildman–Crippen MR) is 86.5 cm³/mol. The highest BCUT2D eigenvalue weighted by Gasteiger charge is 2.30. The fourth-order valence-electron chi connectivity index (χ4n) is 2.21. The summed E-state index contributed by atoms with van der Waals surface area (Å²) in [6.45, 7) is 10.1. The zero-order valence-electron chi connectivity index (χ0n) is 12.6. The third-order valence-electron chi connectivity index (χ3n) is 3.34. The van der Waals surface area contributed by atoms with E-state index >= 15 is 0 Å². The number of nitrogens with zero attached hydrogens (tertiary/aromatic N) is 2. The van der Waals surface area contributed by atoms with Gasteiger partial charge in [0, 0.05) is 34.7 Å². The lowest BCUT2D eigenvalue weighted by Gasteiger charge is -2.37. The van der Waals surface area contributed by atoms with Crippen molar-refractivity contribution in [1.82, 2.24) is 15.2 Å². The number of aromatic nitrogens is 1. The number of hydrogen-bond donors (Lipinski definition) is 1. The number of rotatable bonds is 3. The molecule has 6 heteroatoms. The van der Waals surface area contributed by atoms with Gasteiger partial charge < -0.3 is 10.2 Å². The van der Waals surface area contributed by atoms with Gasteiger partial charge in [-0.15, -0.1) is 11.3 Å². The van der Waals surface area contributed by atoms with Crippen LogP contribution in [0.15, 0.2) is 6.20 Å². The molecular formula is C14H23N3OS2. The first kappa shape index (κ1) is 15.6. The molecule has 1 fully saturated rings. The largest absolute Gasteiger partial charge is 0.329 e. The standard InChI is InChI=1S/C14H23N3OS2/c1-5-11-8-15-12(20-11)10(2)16-13(18)17-6-7-19-14(3,4)9-17/h8,10H,5-7,9H2,1-4H3,(H,16,18)/t10-/m0/s1. The number of amides is 2. The van der Waals surface area contributed by atoms with Crippen LogP contribution >= 0.6 is 23.1 Å². The number of aryl methyl sites for hydroxylation is 1. The van der Waals surface area contributed by atoms with Crippen molar-refractivity contribution < 1.29 is 4.79 Å². The molecule has 1 aliphatic rings. The first-order chi connectivity index (χ1) is 9.41. The molecule has 1 aromatic rings. The normalized spacial score (nSPS) is 19.7. The van der Waals surface area contributed by atoms with Crippen LogP contribution in [-0.4, -0.2) is 39.5 Å². The second kappa shape index (κ2) is 6.35. The number of carbonyl (C=O) groups is 1. The van der Waals surface area contributed by atoms with Gasteiger partial charge in [-0.25, -0.2) is 9.78 Å². The SMILES string of the molecule is CCc1cnc([C@H](C)NC(=O)N2CCSC(C)(C)C2)s1. The maximum atomic E-state index is 12.3. The van der Waals surface area contributed by atoms with Crippen LogP contribution in [-0.2, 0) is 6.42 Å². The molecule has 1 aromatic heterocycles. The van der Waals surface area contributed by atoms with E-state index in [1.165, 1.54) is 4.88 Å². The van der Waals surface area contributed by atoms with E-state index in [1.54, 1.807) is 11.3 Å². The van der Waals surface area contributed by atoms with E-state index < -0.39 is 0 Å². The molecule has 1 atom stereocenters. The molecular weight excluding hydrogens is 290 g/mol. The Balaban J connectivity index is 1.93. The summed E-state index contributed by atoms with van der Waals surface area (Å²) in [7, 11) is 0. The van der Waals surface area contributed by atoms with Gasteiger partial charge in [0.2, 0.25) is 0 Å². The zero-order valence-corrected chi connectivity index (χ0v) is 14.2. The smallest absolute Gasteiger partial charge is 0.318 e. The van der Waals surface area contributed by atoms with Gasteiger partial charge in [0.25, 0.3) is 0 Å². The molecule has 1 saturated heterocycles. The first-order valence-electron chi connectivity index (χ1n) is 7.05. The van der Waals surface area contributed by atoms with Crippen molar-refractivity contribution in [2.75, 3.05) is 18.8 Å². The predicted octanol–water partition coefficient (Wildman–Crippen LogP) is 3.30. The van der Waals surface area contributed by atoms with E-state index in [9.17, 15) is 4.79 Å². The molecule has 2 amide bonds. The van der Waals surface area contributed by atoms with E-state index in [1.807, 2.05) is 29.8 Å². The van der Waals surface area contributed by atoms with Gasteiger partial charge >= 0.3 is 6.03 Å². The van der Waals surface area contributed by atoms with Crippen LogP contribution < -0.4 is 5.32 Å². The molecule has 112 valence electrons. The number of hydrogen-bond acceptors (Lipinski definition) is 4. The van der Waals surface area contributed by atoms with Gasteiger partial charge in [-0.1, -0.05) is 6.92 Å². The second-order valence-corrected chi connectivity index (χ2v) is 8.67. The molecule has 2 rings (SSSR count). The highest BCUT2D eigenvalue weighted by Crippen LogP contribution is 2.29. The average molecular weight is 313 g/mol. The van der Waals surface area contributed by atoms with Crippen LogP contribution in [0.3, 0.4) is 0 Å². The fourth-order valence-corrected chi connectivity index (χ4v) is 4.19. The summed E-state index contributed by atoms with van der Waals surface area (Å²) in [6, 6.07) is 0.00427. The molecule has 4 nitrogen and oxygen atoms in total. The highest BCUT2D eigenvalue weighted by molar-refractivity contribution is 8.00. The summed E-state index contributed by atoms with van der Waals surface area (Å²) in [5.41, 5.74) is 0. The van der Waals surface area contributed by atoms with Crippen molar-refractivity contribution in [2.24, 2.45) is 0 Å². The van der Waals surface area contributed by atoms with Crippen molar-refractivity contribution in [3.05, 3.63) is 16.1 Å². The Morgan fingerprint density at radius 1 is 1.60 bits per heavy atom. The van der Waals surface area contributed by atoms with Crippen molar-refractivity contribution in [2.45, 2.75) is 44.9 Å². The first-order valence-corrected chi connectivity index (χ1v) is 8.85. The van der Waals surface area contributed by atoms with Crippen LogP contribution in [0.5, 0.6) is 0 Å². The lowest BCUT2D eigenvalue weighted by molar-refractivity contribution is 0.191. The summed E-state index contributed by atoms with van der Waals surface area (Å²) < 4.78 is 0.148. The lowest BCUT2D eigenvalue weighted by atomic mass is 10.2. The Morgan fingerprint density at radius 2 is 2.35 bits per heavy atom. The Hall–Kier alpha value is -0.750. The third-order valence-corrected chi connectivity index (χ3v) is 5.96. The van der Waals surface area contributed by atoms with Crippen molar-refractivity contribution in [3.8, 4) is 0 Å². The molecule has 2 heterocycles. The van der Waals surface area contributed by atoms with E-state index in [2.05, 4.69) is 31.1 Å². The third kappa shape index (κ3) is 3.88. The van der Waals surface area contributed by atoms with Gasteiger partial charge in [0.1, 0.15) is 5.01 Å². The van der Waals surface area contributed by atoms with Gasteiger partial charge in [-0.2, -0.15) is 11.8 Å². The summed E-state index contributed by atoms with van der Waals surface area (Å²) in [5.74, 6) is 1.01. The summed E-state index contributed by atoms with van der Waals surface area (Å²) in [6.07, 6.45) is 2.90. The Labute approximate surface area is 129 Å². The maximum absolute atomic E-state index is 12.3. The Bertz CT molecular complexity index is 473. The van der Waals surface area contributed by atoms with Crippen molar-refractivity contribution in [3.63, 3.8) is 0 Å². The van der Waals surface area contributed by atoms with Crippen LogP contribution in [0, 0.1) is 0 Å². The average Bonchev–Trinajstić information content (AvgIpc) is 2.86. The van der Waals surface area contributed by atoms with Gasteiger partial charge in [0.05, 0.1) is 6.04 Å². The summed E-state index contributed by atoms with van der Waals surface area (Å²) in [5, 5.41) is 4.05. The number of carbonyl (C=O) groups excluding carboxylic acids is 1. The van der Waals surface area contributed by atoms with E-state index in [0.717, 1.165) is 30.3 Å². The van der Waals surface area contributed by atoms with E-state index in [0.29, 0.717) is 0 Å². The minimum atomic E-state index is -0.0227. The molecule has 0 unspecified atom stereocenters. The quantitative estimate of drug-likeness (QED) is 0.931. The molecule has 0 radical (unpaired) electrons. The zero-order chi connectivity index (χ0) is 14.8. The monoisotopic (exact) mass is 313 g/mol. The number of thiazole rings is 1. The van der Waals surface area contributed by atoms with Crippen LogP contribution in [0.25, 0.3) is 0 Å². The Morgan fingerprint density at radius 3 is 2.95 bits per heavy atom. The molecule has 0 bridgehead atoms. The molecule has 0 aliphatic carbocycles. The van der Waals surface area contributed by atoms with Crippen LogP contribution in [0.2, 0.25) is 0 Å². The molecule has 20 heavy (non-hydrogen) atoms. The highest BCUT2D eigenvalue weighted by atomic mass is 32.2. The summed E-state index contributed by atoms with van der Waals surface area (Å²) >= 11 is 3.61. The lowest BCUT2D eigenvalue weighted by Crippen LogP contribution is -2.50.